The molecule has 1 saturated carbocycles. The Morgan fingerprint density at radius 3 is 2.56 bits per heavy atom. The maximum Gasteiger partial charge on any atom is 0.240 e. The third-order valence-corrected chi connectivity index (χ3v) is 3.89. The number of hydrogen-bond acceptors (Lipinski definition) is 3. The standard InChI is InChI=1S/C12H23N3O/c1-8(14(4)11-5-6-11)7-15-10(3)13-9(2)12(15)16/h8-11,13H,5-7H2,1-4H3. The molecule has 0 radical (unpaired) electrons. The van der Waals surface area contributed by atoms with Crippen molar-refractivity contribution in [1.82, 2.24) is 15.1 Å². The number of carbonyl (C=O) groups excluding carboxylic acids is 1. The number of amides is 1. The van der Waals surface area contributed by atoms with Gasteiger partial charge in [-0.25, -0.2) is 0 Å². The number of nitrogens with zero attached hydrogens (tertiary/aromatic N) is 2. The van der Waals surface area contributed by atoms with Crippen molar-refractivity contribution in [2.24, 2.45) is 0 Å². The molecule has 3 unspecified atom stereocenters. The monoisotopic (exact) mass is 225 g/mol. The average molecular weight is 225 g/mol. The van der Waals surface area contributed by atoms with Crippen molar-refractivity contribution >= 4 is 5.91 Å². The number of hydrogen-bond donors (Lipinski definition) is 1. The van der Waals surface area contributed by atoms with Crippen LogP contribution in [0.25, 0.3) is 0 Å². The van der Waals surface area contributed by atoms with Gasteiger partial charge in [-0.05, 0) is 40.7 Å². The molecule has 0 aromatic heterocycles. The molecule has 3 atom stereocenters. The molecule has 92 valence electrons. The predicted molar refractivity (Wildman–Crippen MR) is 64.0 cm³/mol. The molecular weight excluding hydrogens is 202 g/mol. The summed E-state index contributed by atoms with van der Waals surface area (Å²) in [5, 5.41) is 3.26. The SMILES string of the molecule is CC1NC(C)N(CC(C)N(C)C2CC2)C1=O. The fourth-order valence-corrected chi connectivity index (χ4v) is 2.47. The van der Waals surface area contributed by atoms with Gasteiger partial charge in [0.05, 0.1) is 12.2 Å². The number of nitrogens with one attached hydrogen (secondary N) is 1. The Morgan fingerprint density at radius 2 is 2.12 bits per heavy atom. The fraction of sp³-hybridized carbons (Fsp3) is 0.917. The highest BCUT2D eigenvalue weighted by molar-refractivity contribution is 5.83. The fourth-order valence-electron chi connectivity index (χ4n) is 2.47. The van der Waals surface area contributed by atoms with Gasteiger partial charge in [0.2, 0.25) is 5.91 Å². The van der Waals surface area contributed by atoms with Gasteiger partial charge in [0, 0.05) is 18.6 Å². The first-order valence-electron chi connectivity index (χ1n) is 6.29. The summed E-state index contributed by atoms with van der Waals surface area (Å²) in [5.41, 5.74) is 0. The Labute approximate surface area is 98.0 Å². The van der Waals surface area contributed by atoms with Gasteiger partial charge < -0.3 is 4.90 Å². The molecule has 0 aromatic carbocycles. The third kappa shape index (κ3) is 2.23. The summed E-state index contributed by atoms with van der Waals surface area (Å²) in [6, 6.07) is 1.19. The van der Waals surface area contributed by atoms with E-state index in [1.165, 1.54) is 12.8 Å². The minimum absolute atomic E-state index is 0.0200. The average Bonchev–Trinajstić information content (AvgIpc) is 3.03. The van der Waals surface area contributed by atoms with Gasteiger partial charge in [-0.15, -0.1) is 0 Å². The Morgan fingerprint density at radius 1 is 1.50 bits per heavy atom. The van der Waals surface area contributed by atoms with E-state index in [1.807, 2.05) is 11.8 Å². The van der Waals surface area contributed by atoms with Crippen LogP contribution in [0.4, 0.5) is 0 Å². The van der Waals surface area contributed by atoms with Gasteiger partial charge in [-0.1, -0.05) is 0 Å². The topological polar surface area (TPSA) is 35.6 Å². The van der Waals surface area contributed by atoms with E-state index in [1.54, 1.807) is 0 Å². The van der Waals surface area contributed by atoms with Crippen LogP contribution in [-0.2, 0) is 4.79 Å². The lowest BCUT2D eigenvalue weighted by atomic mass is 10.2. The second-order valence-electron chi connectivity index (χ2n) is 5.30. The van der Waals surface area contributed by atoms with Crippen molar-refractivity contribution in [1.29, 1.82) is 0 Å². The zero-order chi connectivity index (χ0) is 11.9. The predicted octanol–water partition coefficient (Wildman–Crippen LogP) is 0.635. The molecule has 16 heavy (non-hydrogen) atoms. The van der Waals surface area contributed by atoms with E-state index in [2.05, 4.69) is 31.1 Å². The summed E-state index contributed by atoms with van der Waals surface area (Å²) in [7, 11) is 2.17. The highest BCUT2D eigenvalue weighted by atomic mass is 16.2. The van der Waals surface area contributed by atoms with Crippen molar-refractivity contribution in [3.05, 3.63) is 0 Å². The van der Waals surface area contributed by atoms with Crippen LogP contribution in [0.3, 0.4) is 0 Å². The lowest BCUT2D eigenvalue weighted by Crippen LogP contribution is -2.45. The van der Waals surface area contributed by atoms with Crippen LogP contribution in [-0.4, -0.2) is 53.6 Å². The Hall–Kier alpha value is -0.610. The molecule has 4 heteroatoms. The van der Waals surface area contributed by atoms with Gasteiger partial charge in [0.1, 0.15) is 0 Å². The summed E-state index contributed by atoms with van der Waals surface area (Å²) in [4.78, 5) is 16.3. The number of likely N-dealkylation sites (N-methyl/N-ethyl adjacent to an activating group) is 1. The van der Waals surface area contributed by atoms with Crippen LogP contribution in [0.5, 0.6) is 0 Å². The quantitative estimate of drug-likeness (QED) is 0.762. The Kier molecular flexibility index (Phi) is 3.22. The van der Waals surface area contributed by atoms with Gasteiger partial charge in [0.15, 0.2) is 0 Å². The van der Waals surface area contributed by atoms with Crippen LogP contribution < -0.4 is 5.32 Å². The van der Waals surface area contributed by atoms with Crippen molar-refractivity contribution in [2.45, 2.75) is 57.9 Å². The maximum absolute atomic E-state index is 11.9. The summed E-state index contributed by atoms with van der Waals surface area (Å²) < 4.78 is 0. The second kappa shape index (κ2) is 4.34. The third-order valence-electron chi connectivity index (χ3n) is 3.89. The van der Waals surface area contributed by atoms with Crippen molar-refractivity contribution < 1.29 is 4.79 Å². The highest BCUT2D eigenvalue weighted by Crippen LogP contribution is 2.27. The molecule has 2 fully saturated rings. The van der Waals surface area contributed by atoms with Crippen LogP contribution in [0.15, 0.2) is 0 Å². The molecule has 1 aliphatic carbocycles. The normalized spacial score (nSPS) is 32.6. The van der Waals surface area contributed by atoms with Crippen molar-refractivity contribution in [3.8, 4) is 0 Å². The smallest absolute Gasteiger partial charge is 0.240 e. The number of carbonyl (C=O) groups is 1. The summed E-state index contributed by atoms with van der Waals surface area (Å²) in [6.45, 7) is 7.05. The lowest BCUT2D eigenvalue weighted by Gasteiger charge is -2.30. The molecule has 2 aliphatic rings. The molecule has 1 N–H and O–H groups in total. The molecule has 0 aromatic rings. The van der Waals surface area contributed by atoms with Crippen molar-refractivity contribution in [3.63, 3.8) is 0 Å². The van der Waals surface area contributed by atoms with Crippen LogP contribution >= 0.6 is 0 Å². The Balaban J connectivity index is 1.90. The van der Waals surface area contributed by atoms with Gasteiger partial charge in [0.25, 0.3) is 0 Å². The summed E-state index contributed by atoms with van der Waals surface area (Å²) in [6.07, 6.45) is 2.82. The molecule has 1 amide bonds. The van der Waals surface area contributed by atoms with Crippen LogP contribution in [0.2, 0.25) is 0 Å². The zero-order valence-electron chi connectivity index (χ0n) is 10.7. The van der Waals surface area contributed by atoms with E-state index in [0.717, 1.165) is 12.6 Å². The van der Waals surface area contributed by atoms with E-state index in [9.17, 15) is 4.79 Å². The molecule has 1 aliphatic heterocycles. The molecule has 4 nitrogen and oxygen atoms in total. The first kappa shape index (κ1) is 11.9. The highest BCUT2D eigenvalue weighted by Gasteiger charge is 2.36. The molecule has 0 bridgehead atoms. The van der Waals surface area contributed by atoms with Crippen molar-refractivity contribution in [2.75, 3.05) is 13.6 Å². The first-order valence-corrected chi connectivity index (χ1v) is 6.29. The maximum atomic E-state index is 11.9. The Bertz CT molecular complexity index is 277. The van der Waals surface area contributed by atoms with Gasteiger partial charge in [-0.3, -0.25) is 15.0 Å². The molecule has 2 rings (SSSR count). The molecule has 1 heterocycles. The molecule has 0 spiro atoms. The van der Waals surface area contributed by atoms with Crippen LogP contribution in [0.1, 0.15) is 33.6 Å². The lowest BCUT2D eigenvalue weighted by molar-refractivity contribution is -0.130. The second-order valence-corrected chi connectivity index (χ2v) is 5.30. The van der Waals surface area contributed by atoms with Gasteiger partial charge in [-0.2, -0.15) is 0 Å². The van der Waals surface area contributed by atoms with E-state index >= 15 is 0 Å². The minimum atomic E-state index is -0.0200. The van der Waals surface area contributed by atoms with E-state index in [-0.39, 0.29) is 18.1 Å². The van der Waals surface area contributed by atoms with Crippen LogP contribution in [0, 0.1) is 0 Å². The van der Waals surface area contributed by atoms with E-state index in [0.29, 0.717) is 6.04 Å². The van der Waals surface area contributed by atoms with E-state index < -0.39 is 0 Å². The summed E-state index contributed by atoms with van der Waals surface area (Å²) >= 11 is 0. The molecule has 1 saturated heterocycles. The first-order chi connectivity index (χ1) is 7.50. The van der Waals surface area contributed by atoms with E-state index in [4.69, 9.17) is 0 Å². The minimum Gasteiger partial charge on any atom is -0.325 e. The summed E-state index contributed by atoms with van der Waals surface area (Å²) in [5.74, 6) is 0.239. The number of rotatable bonds is 4. The molecular formula is C12H23N3O. The largest absolute Gasteiger partial charge is 0.325 e. The van der Waals surface area contributed by atoms with Gasteiger partial charge >= 0.3 is 0 Å². The zero-order valence-corrected chi connectivity index (χ0v) is 10.7.